The topological polar surface area (TPSA) is 57.6 Å². The van der Waals surface area contributed by atoms with E-state index < -0.39 is 11.4 Å². The summed E-state index contributed by atoms with van der Waals surface area (Å²) in [6, 6.07) is 0. The quantitative estimate of drug-likeness (QED) is 0.821. The van der Waals surface area contributed by atoms with Gasteiger partial charge in [0.2, 0.25) is 5.91 Å². The summed E-state index contributed by atoms with van der Waals surface area (Å²) in [5.74, 6) is -0.430. The molecule has 0 spiro atoms. The Hall–Kier alpha value is -1.06. The number of carboxylic acid groups (broad SMARTS) is 1. The van der Waals surface area contributed by atoms with Gasteiger partial charge in [-0.3, -0.25) is 9.59 Å². The van der Waals surface area contributed by atoms with Gasteiger partial charge in [-0.15, -0.1) is 0 Å². The molecule has 2 fully saturated rings. The molecule has 1 amide bonds. The Morgan fingerprint density at radius 2 is 1.83 bits per heavy atom. The summed E-state index contributed by atoms with van der Waals surface area (Å²) in [7, 11) is 0. The van der Waals surface area contributed by atoms with Crippen LogP contribution in [0, 0.1) is 11.3 Å². The number of hydrogen-bond donors (Lipinski definition) is 1. The summed E-state index contributed by atoms with van der Waals surface area (Å²) in [6.07, 6.45) is 6.97. The van der Waals surface area contributed by atoms with Gasteiger partial charge >= 0.3 is 5.97 Å². The Morgan fingerprint density at radius 3 is 2.44 bits per heavy atom. The van der Waals surface area contributed by atoms with Crippen LogP contribution in [0.2, 0.25) is 0 Å². The van der Waals surface area contributed by atoms with E-state index in [2.05, 4.69) is 0 Å². The van der Waals surface area contributed by atoms with E-state index in [1.54, 1.807) is 11.8 Å². The molecule has 2 aliphatic rings. The van der Waals surface area contributed by atoms with Crippen LogP contribution in [0.15, 0.2) is 0 Å². The summed E-state index contributed by atoms with van der Waals surface area (Å²) in [5, 5.41) is 9.27. The lowest BCUT2D eigenvalue weighted by molar-refractivity contribution is -0.154. The fourth-order valence-electron chi connectivity index (χ4n) is 3.21. The Morgan fingerprint density at radius 1 is 1.17 bits per heavy atom. The number of nitrogens with zero attached hydrogens (tertiary/aromatic N) is 1. The molecule has 0 aromatic rings. The van der Waals surface area contributed by atoms with E-state index in [-0.39, 0.29) is 11.8 Å². The molecule has 102 valence electrons. The van der Waals surface area contributed by atoms with E-state index in [4.69, 9.17) is 0 Å². The molecule has 18 heavy (non-hydrogen) atoms. The lowest BCUT2D eigenvalue weighted by Gasteiger charge is -2.39. The number of aliphatic carboxylic acids is 1. The fourth-order valence-corrected chi connectivity index (χ4v) is 3.21. The van der Waals surface area contributed by atoms with Gasteiger partial charge in [-0.2, -0.15) is 0 Å². The van der Waals surface area contributed by atoms with Crippen molar-refractivity contribution in [2.75, 3.05) is 13.1 Å². The molecule has 1 aliphatic heterocycles. The molecule has 1 unspecified atom stereocenters. The van der Waals surface area contributed by atoms with Crippen molar-refractivity contribution in [3.63, 3.8) is 0 Å². The van der Waals surface area contributed by atoms with Crippen molar-refractivity contribution in [1.82, 2.24) is 4.90 Å². The molecule has 2 rings (SSSR count). The highest BCUT2D eigenvalue weighted by atomic mass is 16.4. The number of hydrogen-bond acceptors (Lipinski definition) is 2. The standard InChI is InChI=1S/C14H23NO3/c1-14(13(17)18)8-5-9-15(10-14)12(16)11-6-3-2-4-7-11/h11H,2-10H2,1H3,(H,17,18). The molecule has 0 aromatic carbocycles. The number of carbonyl (C=O) groups excluding carboxylic acids is 1. The maximum atomic E-state index is 12.4. The average molecular weight is 253 g/mol. The second-order valence-electron chi connectivity index (χ2n) is 6.06. The van der Waals surface area contributed by atoms with Crippen molar-refractivity contribution < 1.29 is 14.7 Å². The molecular formula is C14H23NO3. The summed E-state index contributed by atoms with van der Waals surface area (Å²) in [6.45, 7) is 2.88. The number of carboxylic acids is 1. The molecule has 0 radical (unpaired) electrons. The Kier molecular flexibility index (Phi) is 3.93. The van der Waals surface area contributed by atoms with E-state index in [1.807, 2.05) is 0 Å². The van der Waals surface area contributed by atoms with Crippen molar-refractivity contribution in [2.45, 2.75) is 51.9 Å². The summed E-state index contributed by atoms with van der Waals surface area (Å²) >= 11 is 0. The van der Waals surface area contributed by atoms with Crippen LogP contribution in [-0.4, -0.2) is 35.0 Å². The third-order valence-electron chi connectivity index (χ3n) is 4.48. The van der Waals surface area contributed by atoms with Gasteiger partial charge in [0.05, 0.1) is 5.41 Å². The summed E-state index contributed by atoms with van der Waals surface area (Å²) < 4.78 is 0. The summed E-state index contributed by atoms with van der Waals surface area (Å²) in [4.78, 5) is 25.5. The average Bonchev–Trinajstić information content (AvgIpc) is 2.39. The highest BCUT2D eigenvalue weighted by molar-refractivity contribution is 5.81. The van der Waals surface area contributed by atoms with Crippen LogP contribution in [-0.2, 0) is 9.59 Å². The van der Waals surface area contributed by atoms with Crippen molar-refractivity contribution in [3.05, 3.63) is 0 Å². The Labute approximate surface area is 108 Å². The first kappa shape index (κ1) is 13.4. The van der Waals surface area contributed by atoms with Gasteiger partial charge in [0.15, 0.2) is 0 Å². The predicted molar refractivity (Wildman–Crippen MR) is 68.1 cm³/mol. The van der Waals surface area contributed by atoms with Crippen LogP contribution < -0.4 is 0 Å². The van der Waals surface area contributed by atoms with Crippen LogP contribution >= 0.6 is 0 Å². The van der Waals surface area contributed by atoms with Gasteiger partial charge in [-0.05, 0) is 32.6 Å². The third kappa shape index (κ3) is 2.68. The maximum Gasteiger partial charge on any atom is 0.311 e. The number of rotatable bonds is 2. The van der Waals surface area contributed by atoms with Gasteiger partial charge in [-0.25, -0.2) is 0 Å². The van der Waals surface area contributed by atoms with Gasteiger partial charge in [0.25, 0.3) is 0 Å². The van der Waals surface area contributed by atoms with Gasteiger partial charge < -0.3 is 10.0 Å². The molecule has 4 heteroatoms. The van der Waals surface area contributed by atoms with Gasteiger partial charge in [0.1, 0.15) is 0 Å². The Bertz CT molecular complexity index is 336. The summed E-state index contributed by atoms with van der Waals surface area (Å²) in [5.41, 5.74) is -0.747. The lowest BCUT2D eigenvalue weighted by atomic mass is 9.80. The zero-order valence-electron chi connectivity index (χ0n) is 11.2. The highest BCUT2D eigenvalue weighted by Crippen LogP contribution is 2.32. The minimum Gasteiger partial charge on any atom is -0.481 e. The van der Waals surface area contributed by atoms with E-state index in [9.17, 15) is 14.7 Å². The van der Waals surface area contributed by atoms with Crippen molar-refractivity contribution in [2.24, 2.45) is 11.3 Å². The Balaban J connectivity index is 1.99. The SMILES string of the molecule is CC1(C(=O)O)CCCN(C(=O)C2CCCCC2)C1. The number of carbonyl (C=O) groups is 2. The van der Waals surface area contributed by atoms with Crippen LogP contribution in [0.3, 0.4) is 0 Å². The molecule has 1 atom stereocenters. The second-order valence-corrected chi connectivity index (χ2v) is 6.06. The van der Waals surface area contributed by atoms with E-state index >= 15 is 0 Å². The van der Waals surface area contributed by atoms with Crippen LogP contribution in [0.5, 0.6) is 0 Å². The molecule has 1 N–H and O–H groups in total. The second kappa shape index (κ2) is 5.29. The monoisotopic (exact) mass is 253 g/mol. The first-order valence-electron chi connectivity index (χ1n) is 7.05. The normalized spacial score (nSPS) is 30.2. The molecule has 1 saturated heterocycles. The fraction of sp³-hybridized carbons (Fsp3) is 0.857. The first-order valence-corrected chi connectivity index (χ1v) is 7.05. The van der Waals surface area contributed by atoms with E-state index in [0.717, 1.165) is 38.6 Å². The molecule has 4 nitrogen and oxygen atoms in total. The molecule has 1 heterocycles. The molecule has 0 aromatic heterocycles. The highest BCUT2D eigenvalue weighted by Gasteiger charge is 2.40. The van der Waals surface area contributed by atoms with Crippen molar-refractivity contribution >= 4 is 11.9 Å². The van der Waals surface area contributed by atoms with E-state index in [0.29, 0.717) is 13.0 Å². The maximum absolute atomic E-state index is 12.4. The largest absolute Gasteiger partial charge is 0.481 e. The minimum absolute atomic E-state index is 0.148. The van der Waals surface area contributed by atoms with Crippen LogP contribution in [0.4, 0.5) is 0 Å². The number of likely N-dealkylation sites (tertiary alicyclic amines) is 1. The number of piperidine rings is 1. The van der Waals surface area contributed by atoms with Crippen molar-refractivity contribution in [1.29, 1.82) is 0 Å². The minimum atomic E-state index is -0.774. The lowest BCUT2D eigenvalue weighted by Crippen LogP contribution is -2.50. The zero-order chi connectivity index (χ0) is 13.2. The predicted octanol–water partition coefficient (Wildman–Crippen LogP) is 2.28. The third-order valence-corrected chi connectivity index (χ3v) is 4.48. The zero-order valence-corrected chi connectivity index (χ0v) is 11.2. The van der Waals surface area contributed by atoms with Crippen LogP contribution in [0.25, 0.3) is 0 Å². The van der Waals surface area contributed by atoms with Gasteiger partial charge in [-0.1, -0.05) is 19.3 Å². The van der Waals surface area contributed by atoms with Crippen LogP contribution in [0.1, 0.15) is 51.9 Å². The van der Waals surface area contributed by atoms with E-state index in [1.165, 1.54) is 6.42 Å². The first-order chi connectivity index (χ1) is 8.53. The molecule has 1 saturated carbocycles. The molecule has 0 bridgehead atoms. The smallest absolute Gasteiger partial charge is 0.311 e. The van der Waals surface area contributed by atoms with Crippen molar-refractivity contribution in [3.8, 4) is 0 Å². The molecule has 1 aliphatic carbocycles. The molecular weight excluding hydrogens is 230 g/mol. The van der Waals surface area contributed by atoms with Gasteiger partial charge in [0, 0.05) is 19.0 Å². The number of amides is 1.